The van der Waals surface area contributed by atoms with Crippen LogP contribution in [0.25, 0.3) is 0 Å². The maximum Gasteiger partial charge on any atom is 0.228 e. The van der Waals surface area contributed by atoms with Crippen molar-refractivity contribution < 1.29 is 4.74 Å². The van der Waals surface area contributed by atoms with Crippen molar-refractivity contribution in [3.8, 4) is 11.9 Å². The van der Waals surface area contributed by atoms with E-state index in [-0.39, 0.29) is 5.92 Å². The van der Waals surface area contributed by atoms with Crippen LogP contribution in [-0.4, -0.2) is 30.7 Å². The zero-order valence-electron chi connectivity index (χ0n) is 9.14. The molecule has 0 aliphatic rings. The molecule has 0 aromatic carbocycles. The molecule has 1 aromatic rings. The standard InChI is InChI=1S/C10H14N4O/c1-8(6-11)7-14(2)10-12-5-4-9(13-10)15-3/h4-5,8H,7H2,1-3H3. The van der Waals surface area contributed by atoms with Crippen LogP contribution < -0.4 is 9.64 Å². The average molecular weight is 206 g/mol. The third-order valence-corrected chi connectivity index (χ3v) is 1.94. The number of aromatic nitrogens is 2. The highest BCUT2D eigenvalue weighted by molar-refractivity contribution is 5.30. The summed E-state index contributed by atoms with van der Waals surface area (Å²) in [6.07, 6.45) is 1.63. The van der Waals surface area contributed by atoms with E-state index in [9.17, 15) is 0 Å². The summed E-state index contributed by atoms with van der Waals surface area (Å²) in [6, 6.07) is 3.85. The molecule has 0 amide bonds. The van der Waals surface area contributed by atoms with Crippen LogP contribution in [-0.2, 0) is 0 Å². The summed E-state index contributed by atoms with van der Waals surface area (Å²) in [4.78, 5) is 10.1. The predicted octanol–water partition coefficient (Wildman–Crippen LogP) is 1.08. The van der Waals surface area contributed by atoms with Gasteiger partial charge < -0.3 is 9.64 Å². The van der Waals surface area contributed by atoms with E-state index >= 15 is 0 Å². The summed E-state index contributed by atoms with van der Waals surface area (Å²) in [7, 11) is 3.41. The molecule has 1 aromatic heterocycles. The number of methoxy groups -OCH3 is 1. The van der Waals surface area contributed by atoms with Crippen LogP contribution in [0.5, 0.6) is 5.88 Å². The van der Waals surface area contributed by atoms with Gasteiger partial charge in [-0.3, -0.25) is 0 Å². The second-order valence-electron chi connectivity index (χ2n) is 3.31. The summed E-state index contributed by atoms with van der Waals surface area (Å²) >= 11 is 0. The molecule has 0 fully saturated rings. The van der Waals surface area contributed by atoms with E-state index in [2.05, 4.69) is 16.0 Å². The highest BCUT2D eigenvalue weighted by Gasteiger charge is 2.09. The first-order valence-electron chi connectivity index (χ1n) is 4.65. The minimum absolute atomic E-state index is 0.0511. The maximum atomic E-state index is 8.69. The largest absolute Gasteiger partial charge is 0.481 e. The molecular weight excluding hydrogens is 192 g/mol. The first-order valence-corrected chi connectivity index (χ1v) is 4.65. The monoisotopic (exact) mass is 206 g/mol. The summed E-state index contributed by atoms with van der Waals surface area (Å²) in [5.74, 6) is 1.04. The normalized spacial score (nSPS) is 11.6. The summed E-state index contributed by atoms with van der Waals surface area (Å²) in [5, 5.41) is 8.69. The Bertz CT molecular complexity index is 361. The molecule has 1 atom stereocenters. The SMILES string of the molecule is COc1ccnc(N(C)CC(C)C#N)n1. The van der Waals surface area contributed by atoms with Gasteiger partial charge >= 0.3 is 0 Å². The molecule has 15 heavy (non-hydrogen) atoms. The Morgan fingerprint density at radius 3 is 3.00 bits per heavy atom. The van der Waals surface area contributed by atoms with Gasteiger partial charge in [0.25, 0.3) is 0 Å². The zero-order chi connectivity index (χ0) is 11.3. The van der Waals surface area contributed by atoms with Crippen molar-refractivity contribution in [1.29, 1.82) is 5.26 Å². The van der Waals surface area contributed by atoms with Gasteiger partial charge in [0.15, 0.2) is 0 Å². The number of nitrogens with zero attached hydrogens (tertiary/aromatic N) is 4. The van der Waals surface area contributed by atoms with E-state index in [1.807, 2.05) is 18.9 Å². The van der Waals surface area contributed by atoms with E-state index in [1.54, 1.807) is 19.4 Å². The van der Waals surface area contributed by atoms with E-state index in [4.69, 9.17) is 10.00 Å². The average Bonchev–Trinajstić information content (AvgIpc) is 2.28. The second kappa shape index (κ2) is 5.15. The quantitative estimate of drug-likeness (QED) is 0.737. The van der Waals surface area contributed by atoms with Crippen molar-refractivity contribution in [3.05, 3.63) is 12.3 Å². The molecule has 5 heteroatoms. The third kappa shape index (κ3) is 3.09. The number of anilines is 1. The Balaban J connectivity index is 2.73. The molecule has 0 N–H and O–H groups in total. The van der Waals surface area contributed by atoms with Gasteiger partial charge in [-0.1, -0.05) is 0 Å². The van der Waals surface area contributed by atoms with Crippen molar-refractivity contribution in [1.82, 2.24) is 9.97 Å². The van der Waals surface area contributed by atoms with Crippen LogP contribution in [0.15, 0.2) is 12.3 Å². The molecule has 0 spiro atoms. The van der Waals surface area contributed by atoms with E-state index < -0.39 is 0 Å². The molecule has 0 aliphatic carbocycles. The minimum Gasteiger partial charge on any atom is -0.481 e. The Morgan fingerprint density at radius 1 is 1.67 bits per heavy atom. The lowest BCUT2D eigenvalue weighted by molar-refractivity contribution is 0.396. The van der Waals surface area contributed by atoms with Gasteiger partial charge in [-0.2, -0.15) is 10.2 Å². The number of hydrogen-bond acceptors (Lipinski definition) is 5. The van der Waals surface area contributed by atoms with Crippen molar-refractivity contribution in [2.45, 2.75) is 6.92 Å². The molecule has 1 heterocycles. The predicted molar refractivity (Wildman–Crippen MR) is 56.6 cm³/mol. The molecule has 1 rings (SSSR count). The molecule has 80 valence electrons. The first kappa shape index (κ1) is 11.2. The highest BCUT2D eigenvalue weighted by atomic mass is 16.5. The van der Waals surface area contributed by atoms with Crippen LogP contribution >= 0.6 is 0 Å². The molecular formula is C10H14N4O. The molecule has 0 saturated heterocycles. The fraction of sp³-hybridized carbons (Fsp3) is 0.500. The van der Waals surface area contributed by atoms with Gasteiger partial charge in [-0.05, 0) is 6.92 Å². The van der Waals surface area contributed by atoms with Crippen molar-refractivity contribution in [3.63, 3.8) is 0 Å². The Hall–Kier alpha value is -1.83. The van der Waals surface area contributed by atoms with Gasteiger partial charge in [-0.15, -0.1) is 0 Å². The molecule has 0 aliphatic heterocycles. The zero-order valence-corrected chi connectivity index (χ0v) is 9.14. The molecule has 0 saturated carbocycles. The molecule has 5 nitrogen and oxygen atoms in total. The van der Waals surface area contributed by atoms with Crippen molar-refractivity contribution in [2.75, 3.05) is 25.6 Å². The van der Waals surface area contributed by atoms with Crippen LogP contribution in [0.4, 0.5) is 5.95 Å². The summed E-state index contributed by atoms with van der Waals surface area (Å²) in [6.45, 7) is 2.46. The van der Waals surface area contributed by atoms with Gasteiger partial charge in [-0.25, -0.2) is 4.98 Å². The Labute approximate surface area is 89.3 Å². The number of rotatable bonds is 4. The topological polar surface area (TPSA) is 62.0 Å². The Kier molecular flexibility index (Phi) is 3.86. The van der Waals surface area contributed by atoms with E-state index in [1.165, 1.54) is 0 Å². The number of ether oxygens (including phenoxy) is 1. The molecule has 0 bridgehead atoms. The lowest BCUT2D eigenvalue weighted by atomic mass is 10.2. The molecule has 1 unspecified atom stereocenters. The van der Waals surface area contributed by atoms with E-state index in [0.717, 1.165) is 0 Å². The first-order chi connectivity index (χ1) is 7.17. The number of hydrogen-bond donors (Lipinski definition) is 0. The van der Waals surface area contributed by atoms with Crippen LogP contribution in [0.1, 0.15) is 6.92 Å². The fourth-order valence-electron chi connectivity index (χ4n) is 1.16. The van der Waals surface area contributed by atoms with Crippen molar-refractivity contribution >= 4 is 5.95 Å². The van der Waals surface area contributed by atoms with Gasteiger partial charge in [0, 0.05) is 25.9 Å². The van der Waals surface area contributed by atoms with Crippen molar-refractivity contribution in [2.24, 2.45) is 5.92 Å². The molecule has 0 radical (unpaired) electrons. The lowest BCUT2D eigenvalue weighted by Crippen LogP contribution is -2.25. The maximum absolute atomic E-state index is 8.69. The lowest BCUT2D eigenvalue weighted by Gasteiger charge is -2.17. The van der Waals surface area contributed by atoms with Crippen LogP contribution in [0.3, 0.4) is 0 Å². The van der Waals surface area contributed by atoms with Gasteiger partial charge in [0.1, 0.15) is 0 Å². The van der Waals surface area contributed by atoms with Gasteiger partial charge in [0.05, 0.1) is 19.1 Å². The van der Waals surface area contributed by atoms with Gasteiger partial charge in [0.2, 0.25) is 11.8 Å². The van der Waals surface area contributed by atoms with Crippen LogP contribution in [0.2, 0.25) is 0 Å². The summed E-state index contributed by atoms with van der Waals surface area (Å²) in [5.41, 5.74) is 0. The third-order valence-electron chi connectivity index (χ3n) is 1.94. The smallest absolute Gasteiger partial charge is 0.228 e. The Morgan fingerprint density at radius 2 is 2.40 bits per heavy atom. The highest BCUT2D eigenvalue weighted by Crippen LogP contribution is 2.11. The van der Waals surface area contributed by atoms with Crippen LogP contribution in [0, 0.1) is 17.2 Å². The number of nitriles is 1. The fourth-order valence-corrected chi connectivity index (χ4v) is 1.16. The second-order valence-corrected chi connectivity index (χ2v) is 3.31. The summed E-state index contributed by atoms with van der Waals surface area (Å²) < 4.78 is 4.99. The minimum atomic E-state index is -0.0511. The van der Waals surface area contributed by atoms with E-state index in [0.29, 0.717) is 18.4 Å².